The summed E-state index contributed by atoms with van der Waals surface area (Å²) in [6.45, 7) is 8.90. The van der Waals surface area contributed by atoms with E-state index in [0.717, 1.165) is 63.3 Å². The summed E-state index contributed by atoms with van der Waals surface area (Å²) < 4.78 is 40.5. The molecule has 2 fully saturated rings. The summed E-state index contributed by atoms with van der Waals surface area (Å²) in [6, 6.07) is 3.62. The van der Waals surface area contributed by atoms with Crippen molar-refractivity contribution in [2.24, 2.45) is 5.41 Å². The highest BCUT2D eigenvalue weighted by Crippen LogP contribution is 2.50. The van der Waals surface area contributed by atoms with Crippen LogP contribution in [0.1, 0.15) is 70.8 Å². The molecule has 11 nitrogen and oxygen atoms in total. The van der Waals surface area contributed by atoms with Crippen LogP contribution < -0.4 is 9.62 Å². The van der Waals surface area contributed by atoms with Crippen LogP contribution in [0, 0.1) is 11.4 Å². The maximum absolute atomic E-state index is 14.3. The Kier molecular flexibility index (Phi) is 7.36. The molecule has 4 aromatic rings. The number of hydrogen-bond donors (Lipinski definition) is 1. The van der Waals surface area contributed by atoms with Crippen LogP contribution in [0.3, 0.4) is 0 Å². The first-order valence-electron chi connectivity index (χ1n) is 14.8. The molecule has 0 radical (unpaired) electrons. The maximum Gasteiger partial charge on any atom is 0.232 e. The molecule has 7 rings (SSSR count). The third kappa shape index (κ3) is 5.08. The molecule has 3 atom stereocenters. The lowest BCUT2D eigenvalue weighted by Crippen LogP contribution is -2.50. The number of piperidine rings is 1. The van der Waals surface area contributed by atoms with E-state index in [4.69, 9.17) is 31.4 Å². The Morgan fingerprint density at radius 1 is 1.16 bits per heavy atom. The average Bonchev–Trinajstić information content (AvgIpc) is 3.68. The largest absolute Gasteiger partial charge is 0.598 e. The van der Waals surface area contributed by atoms with Gasteiger partial charge in [0, 0.05) is 61.0 Å². The molecule has 0 amide bonds. The van der Waals surface area contributed by atoms with Gasteiger partial charge in [-0.15, -0.1) is 4.72 Å². The van der Waals surface area contributed by atoms with E-state index in [-0.39, 0.29) is 27.5 Å². The Morgan fingerprint density at radius 2 is 1.98 bits per heavy atom. The molecule has 0 aliphatic carbocycles. The summed E-state index contributed by atoms with van der Waals surface area (Å²) in [5.41, 5.74) is 2.96. The first-order valence-corrected chi connectivity index (χ1v) is 16.3. The average molecular weight is 628 g/mol. The van der Waals surface area contributed by atoms with Crippen LogP contribution in [0.5, 0.6) is 0 Å². The van der Waals surface area contributed by atoms with Gasteiger partial charge in [-0.05, 0) is 65.0 Å². The molecule has 0 aromatic carbocycles. The highest BCUT2D eigenvalue weighted by Gasteiger charge is 2.51. The Balaban J connectivity index is 1.19. The van der Waals surface area contributed by atoms with Crippen molar-refractivity contribution < 1.29 is 13.7 Å². The van der Waals surface area contributed by atoms with Crippen molar-refractivity contribution >= 4 is 39.9 Å². The number of aromatic nitrogens is 7. The molecule has 4 aromatic heterocycles. The van der Waals surface area contributed by atoms with E-state index in [9.17, 15) is 8.94 Å². The van der Waals surface area contributed by atoms with Crippen LogP contribution >= 0.6 is 11.6 Å². The van der Waals surface area contributed by atoms with Crippen LogP contribution in [0.15, 0.2) is 30.7 Å². The smallest absolute Gasteiger partial charge is 0.232 e. The minimum Gasteiger partial charge on any atom is -0.598 e. The van der Waals surface area contributed by atoms with Gasteiger partial charge in [0.2, 0.25) is 5.95 Å². The summed E-state index contributed by atoms with van der Waals surface area (Å²) in [5, 5.41) is 9.28. The normalized spacial score (nSPS) is 22.8. The monoisotopic (exact) mass is 627 g/mol. The number of fused-ring (bicyclic) bond motifs is 2. The van der Waals surface area contributed by atoms with Gasteiger partial charge in [0.05, 0.1) is 11.9 Å². The molecule has 2 saturated heterocycles. The summed E-state index contributed by atoms with van der Waals surface area (Å²) in [6.07, 6.45) is 9.21. The van der Waals surface area contributed by atoms with Crippen molar-refractivity contribution in [3.8, 4) is 11.3 Å². The number of rotatable bonds is 5. The van der Waals surface area contributed by atoms with E-state index in [0.29, 0.717) is 29.0 Å². The van der Waals surface area contributed by atoms with Gasteiger partial charge in [-0.25, -0.2) is 19.6 Å². The van der Waals surface area contributed by atoms with E-state index in [1.807, 2.05) is 33.0 Å². The maximum atomic E-state index is 14.3. The lowest BCUT2D eigenvalue weighted by atomic mass is 9.73. The predicted octanol–water partition coefficient (Wildman–Crippen LogP) is 4.97. The first kappa shape index (κ1) is 28.9. The second-order valence-electron chi connectivity index (χ2n) is 12.7. The zero-order valence-electron chi connectivity index (χ0n) is 24.5. The van der Waals surface area contributed by atoms with Gasteiger partial charge in [-0.2, -0.15) is 14.6 Å². The van der Waals surface area contributed by atoms with E-state index >= 15 is 0 Å². The minimum atomic E-state index is -1.21. The molecule has 228 valence electrons. The van der Waals surface area contributed by atoms with Gasteiger partial charge in [0.1, 0.15) is 32.8 Å². The van der Waals surface area contributed by atoms with Crippen molar-refractivity contribution in [3.05, 3.63) is 47.4 Å². The van der Waals surface area contributed by atoms with E-state index in [1.54, 1.807) is 16.9 Å². The fourth-order valence-electron chi connectivity index (χ4n) is 6.47. The van der Waals surface area contributed by atoms with Gasteiger partial charge < -0.3 is 14.2 Å². The molecule has 3 aliphatic heterocycles. The molecule has 1 N–H and O–H groups in total. The SMILES string of the molecule is CC(C)(C)[S@@+]([O-])N[C@@H]1c2ccnn2CC12CCN(c1cnc3c(-c4ccnc(F)c4Cl)nn([C@H]4CCCCO4)c3n1)CC2. The number of hydrogen-bond acceptors (Lipinski definition) is 9. The Morgan fingerprint density at radius 3 is 2.72 bits per heavy atom. The Labute approximate surface area is 257 Å². The van der Waals surface area contributed by atoms with E-state index < -0.39 is 17.3 Å². The Hall–Kier alpha value is -2.84. The van der Waals surface area contributed by atoms with Crippen molar-refractivity contribution in [3.63, 3.8) is 0 Å². The topological polar surface area (TPSA) is 122 Å². The van der Waals surface area contributed by atoms with Crippen LogP contribution in [-0.2, 0) is 22.6 Å². The fraction of sp³-hybridized carbons (Fsp3) is 0.552. The lowest BCUT2D eigenvalue weighted by Gasteiger charge is -2.43. The second-order valence-corrected chi connectivity index (χ2v) is 15.0. The van der Waals surface area contributed by atoms with Crippen LogP contribution in [0.4, 0.5) is 10.2 Å². The minimum absolute atomic E-state index is 0.0521. The van der Waals surface area contributed by atoms with Crippen molar-refractivity contribution in [2.45, 2.75) is 76.4 Å². The van der Waals surface area contributed by atoms with Gasteiger partial charge >= 0.3 is 0 Å². The summed E-state index contributed by atoms with van der Waals surface area (Å²) in [5.74, 6) is -0.00746. The summed E-state index contributed by atoms with van der Waals surface area (Å²) in [7, 11) is 0. The van der Waals surface area contributed by atoms with Crippen molar-refractivity contribution in [1.82, 2.24) is 39.2 Å². The number of pyridine rings is 1. The van der Waals surface area contributed by atoms with Crippen LogP contribution in [-0.4, -0.2) is 63.5 Å². The quantitative estimate of drug-likeness (QED) is 0.241. The van der Waals surface area contributed by atoms with Crippen molar-refractivity contribution in [1.29, 1.82) is 0 Å². The van der Waals surface area contributed by atoms with Gasteiger partial charge in [-0.1, -0.05) is 11.6 Å². The van der Waals surface area contributed by atoms with Gasteiger partial charge in [0.15, 0.2) is 11.9 Å². The molecular weight excluding hydrogens is 593 g/mol. The molecule has 14 heteroatoms. The molecule has 43 heavy (non-hydrogen) atoms. The third-order valence-corrected chi connectivity index (χ3v) is 10.8. The second kappa shape index (κ2) is 11.0. The van der Waals surface area contributed by atoms with E-state index in [1.165, 1.54) is 6.20 Å². The number of ether oxygens (including phenoxy) is 1. The van der Waals surface area contributed by atoms with Crippen LogP contribution in [0.2, 0.25) is 5.02 Å². The summed E-state index contributed by atoms with van der Waals surface area (Å²) in [4.78, 5) is 15.8. The zero-order chi connectivity index (χ0) is 29.9. The highest BCUT2D eigenvalue weighted by molar-refractivity contribution is 7.90. The molecule has 0 saturated carbocycles. The predicted molar refractivity (Wildman–Crippen MR) is 162 cm³/mol. The van der Waals surface area contributed by atoms with E-state index in [2.05, 4.69) is 24.4 Å². The summed E-state index contributed by atoms with van der Waals surface area (Å²) >= 11 is 5.11. The zero-order valence-corrected chi connectivity index (χ0v) is 26.0. The standard InChI is InChI=1S/C29H35ClFN9O2S/c1-28(2,3)43(41)37-25-19-8-12-34-39(19)17-29(25)9-13-38(14-10-29)20-16-33-24-23(18-7-11-32-26(31)22(18)30)36-40(27(24)35-20)21-6-4-5-15-42-21/h7-8,11-12,16,21,25,37H,4-6,9-10,13-15,17H2,1-3H3/t21-,25-,43-/m1/s1. The molecule has 0 bridgehead atoms. The molecule has 3 aliphatic rings. The van der Waals surface area contributed by atoms with Gasteiger partial charge in [-0.3, -0.25) is 4.68 Å². The Bertz CT molecular complexity index is 1640. The van der Waals surface area contributed by atoms with Crippen LogP contribution in [0.25, 0.3) is 22.4 Å². The van der Waals surface area contributed by atoms with Crippen molar-refractivity contribution in [2.75, 3.05) is 24.6 Å². The molecule has 0 unspecified atom stereocenters. The fourth-order valence-corrected chi connectivity index (χ4v) is 7.61. The first-order chi connectivity index (χ1) is 20.6. The molecular formula is C29H35ClFN9O2S. The molecule has 1 spiro atoms. The number of nitrogens with one attached hydrogen (secondary N) is 1. The number of anilines is 1. The number of nitrogens with zero attached hydrogens (tertiary/aromatic N) is 8. The molecule has 7 heterocycles. The highest BCUT2D eigenvalue weighted by atomic mass is 35.5. The van der Waals surface area contributed by atoms with Gasteiger partial charge in [0.25, 0.3) is 0 Å². The lowest BCUT2D eigenvalue weighted by molar-refractivity contribution is -0.0368. The third-order valence-electron chi connectivity index (χ3n) is 8.91. The number of halogens is 2.